The second-order valence-electron chi connectivity index (χ2n) is 4.92. The molecule has 108 valence electrons. The van der Waals surface area contributed by atoms with Gasteiger partial charge in [-0.15, -0.1) is 34.5 Å². The number of alkyl halides is 2. The van der Waals surface area contributed by atoms with Gasteiger partial charge >= 0.3 is 0 Å². The maximum absolute atomic E-state index is 6.25. The van der Waals surface area contributed by atoms with Crippen molar-refractivity contribution >= 4 is 46.1 Å². The van der Waals surface area contributed by atoms with Gasteiger partial charge in [-0.1, -0.05) is 23.7 Å². The van der Waals surface area contributed by atoms with Crippen LogP contribution in [0.25, 0.3) is 0 Å². The molecule has 0 amide bonds. The highest BCUT2D eigenvalue weighted by Crippen LogP contribution is 2.34. The zero-order valence-electron chi connectivity index (χ0n) is 11.2. The average molecular weight is 349 g/mol. The number of aromatic nitrogens is 1. The molecule has 0 spiro atoms. The first-order valence-electron chi connectivity index (χ1n) is 6.38. The van der Waals surface area contributed by atoms with E-state index < -0.39 is 0 Å². The number of aryl methyl sites for hydroxylation is 2. The van der Waals surface area contributed by atoms with Crippen LogP contribution in [-0.4, -0.2) is 16.7 Å². The first kappa shape index (κ1) is 16.1. The van der Waals surface area contributed by atoms with Crippen LogP contribution in [0.5, 0.6) is 0 Å². The summed E-state index contributed by atoms with van der Waals surface area (Å²) in [6, 6.07) is 7.83. The van der Waals surface area contributed by atoms with Crippen molar-refractivity contribution in [3.05, 3.63) is 50.9 Å². The van der Waals surface area contributed by atoms with Gasteiger partial charge in [-0.3, -0.25) is 0 Å². The largest absolute Gasteiger partial charge is 0.250 e. The van der Waals surface area contributed by atoms with Crippen LogP contribution in [0.1, 0.15) is 22.6 Å². The van der Waals surface area contributed by atoms with Crippen LogP contribution in [0.15, 0.2) is 29.8 Å². The van der Waals surface area contributed by atoms with Gasteiger partial charge in [0.15, 0.2) is 0 Å². The summed E-state index contributed by atoms with van der Waals surface area (Å²) in [5.74, 6) is 0.962. The van der Waals surface area contributed by atoms with E-state index in [-0.39, 0.29) is 5.41 Å². The SMILES string of the molecule is Cc1ncsc1CCC(CCl)(CCl)c1cccc(Cl)c1. The van der Waals surface area contributed by atoms with Gasteiger partial charge in [0.05, 0.1) is 11.2 Å². The molecule has 0 bridgehead atoms. The zero-order valence-corrected chi connectivity index (χ0v) is 14.3. The fourth-order valence-corrected chi connectivity index (χ4v) is 4.04. The van der Waals surface area contributed by atoms with Gasteiger partial charge < -0.3 is 0 Å². The Morgan fingerprint density at radius 1 is 1.25 bits per heavy atom. The van der Waals surface area contributed by atoms with Crippen LogP contribution in [0.2, 0.25) is 5.02 Å². The van der Waals surface area contributed by atoms with Gasteiger partial charge in [0.1, 0.15) is 0 Å². The fraction of sp³-hybridized carbons (Fsp3) is 0.400. The molecule has 1 heterocycles. The number of hydrogen-bond donors (Lipinski definition) is 0. The molecule has 2 aromatic rings. The summed E-state index contributed by atoms with van der Waals surface area (Å²) >= 11 is 20.3. The standard InChI is InChI=1S/C15H16Cl3NS/c1-11-14(20-10-19-11)5-6-15(8-16,9-17)12-3-2-4-13(18)7-12/h2-4,7,10H,5-6,8-9H2,1H3. The molecule has 20 heavy (non-hydrogen) atoms. The van der Waals surface area contributed by atoms with Crippen LogP contribution >= 0.6 is 46.1 Å². The molecule has 0 aliphatic heterocycles. The Balaban J connectivity index is 2.23. The predicted octanol–water partition coefficient (Wildman–Crippen LogP) is 5.45. The van der Waals surface area contributed by atoms with E-state index in [0.29, 0.717) is 11.8 Å². The monoisotopic (exact) mass is 347 g/mol. The molecule has 2 rings (SSSR count). The molecule has 0 aliphatic carbocycles. The minimum absolute atomic E-state index is 0.246. The highest BCUT2D eigenvalue weighted by atomic mass is 35.5. The summed E-state index contributed by atoms with van der Waals surface area (Å²) in [4.78, 5) is 5.59. The molecule has 0 N–H and O–H groups in total. The normalized spacial score (nSPS) is 11.8. The van der Waals surface area contributed by atoms with Crippen LogP contribution in [0, 0.1) is 6.92 Å². The van der Waals surface area contributed by atoms with E-state index in [9.17, 15) is 0 Å². The van der Waals surface area contributed by atoms with E-state index in [4.69, 9.17) is 34.8 Å². The van der Waals surface area contributed by atoms with Crippen LogP contribution in [0.3, 0.4) is 0 Å². The molecule has 5 heteroatoms. The maximum Gasteiger partial charge on any atom is 0.0797 e. The van der Waals surface area contributed by atoms with Gasteiger partial charge in [0.25, 0.3) is 0 Å². The highest BCUT2D eigenvalue weighted by Gasteiger charge is 2.31. The number of hydrogen-bond acceptors (Lipinski definition) is 2. The lowest BCUT2D eigenvalue weighted by Crippen LogP contribution is -2.31. The molecule has 0 radical (unpaired) electrons. The maximum atomic E-state index is 6.25. The van der Waals surface area contributed by atoms with E-state index in [0.717, 1.165) is 29.1 Å². The predicted molar refractivity (Wildman–Crippen MR) is 89.7 cm³/mol. The van der Waals surface area contributed by atoms with Crippen molar-refractivity contribution in [2.45, 2.75) is 25.2 Å². The third-order valence-electron chi connectivity index (χ3n) is 3.62. The zero-order chi connectivity index (χ0) is 14.6. The summed E-state index contributed by atoms with van der Waals surface area (Å²) < 4.78 is 0. The smallest absolute Gasteiger partial charge is 0.0797 e. The Morgan fingerprint density at radius 3 is 2.55 bits per heavy atom. The molecule has 0 unspecified atom stereocenters. The number of nitrogens with zero attached hydrogens (tertiary/aromatic N) is 1. The van der Waals surface area contributed by atoms with E-state index in [1.165, 1.54) is 4.88 Å². The van der Waals surface area contributed by atoms with Gasteiger partial charge in [0.2, 0.25) is 0 Å². The molecular formula is C15H16Cl3NS. The lowest BCUT2D eigenvalue weighted by atomic mass is 9.80. The lowest BCUT2D eigenvalue weighted by molar-refractivity contribution is 0.494. The van der Waals surface area contributed by atoms with Crippen molar-refractivity contribution in [1.82, 2.24) is 4.98 Å². The lowest BCUT2D eigenvalue weighted by Gasteiger charge is -2.30. The van der Waals surface area contributed by atoms with Gasteiger partial charge in [-0.25, -0.2) is 4.98 Å². The van der Waals surface area contributed by atoms with E-state index in [1.54, 1.807) is 11.3 Å². The van der Waals surface area contributed by atoms with Gasteiger partial charge in [-0.2, -0.15) is 0 Å². The highest BCUT2D eigenvalue weighted by molar-refractivity contribution is 7.09. The van der Waals surface area contributed by atoms with Crippen molar-refractivity contribution in [2.24, 2.45) is 0 Å². The summed E-state index contributed by atoms with van der Waals surface area (Å²) in [5, 5.41) is 0.719. The van der Waals surface area contributed by atoms with E-state index >= 15 is 0 Å². The second kappa shape index (κ2) is 7.13. The average Bonchev–Trinajstić information content (AvgIpc) is 2.86. The topological polar surface area (TPSA) is 12.9 Å². The summed E-state index contributed by atoms with van der Waals surface area (Å²) in [5.41, 5.74) is 3.84. The fourth-order valence-electron chi connectivity index (χ4n) is 2.21. The third-order valence-corrected chi connectivity index (χ3v) is 5.88. The Morgan fingerprint density at radius 2 is 2.00 bits per heavy atom. The summed E-state index contributed by atoms with van der Waals surface area (Å²) in [6.45, 7) is 2.04. The first-order chi connectivity index (χ1) is 9.61. The molecule has 1 aromatic heterocycles. The minimum Gasteiger partial charge on any atom is -0.250 e. The van der Waals surface area contributed by atoms with Crippen molar-refractivity contribution in [3.63, 3.8) is 0 Å². The molecule has 0 saturated carbocycles. The molecule has 1 aromatic carbocycles. The summed E-state index contributed by atoms with van der Waals surface area (Å²) in [7, 11) is 0. The number of thiazole rings is 1. The van der Waals surface area contributed by atoms with Gasteiger partial charge in [0, 0.05) is 27.1 Å². The van der Waals surface area contributed by atoms with Crippen LogP contribution < -0.4 is 0 Å². The number of halogens is 3. The molecule has 1 nitrogen and oxygen atoms in total. The first-order valence-corrected chi connectivity index (χ1v) is 8.71. The Hall–Kier alpha value is -0.280. The molecule has 0 fully saturated rings. The Labute approximate surface area is 138 Å². The van der Waals surface area contributed by atoms with Crippen molar-refractivity contribution in [1.29, 1.82) is 0 Å². The van der Waals surface area contributed by atoms with E-state index in [1.807, 2.05) is 30.6 Å². The van der Waals surface area contributed by atoms with E-state index in [2.05, 4.69) is 11.1 Å². The van der Waals surface area contributed by atoms with Crippen LogP contribution in [-0.2, 0) is 11.8 Å². The van der Waals surface area contributed by atoms with Gasteiger partial charge in [-0.05, 0) is 37.5 Å². The van der Waals surface area contributed by atoms with Crippen LogP contribution in [0.4, 0.5) is 0 Å². The van der Waals surface area contributed by atoms with Crippen molar-refractivity contribution < 1.29 is 0 Å². The number of rotatable bonds is 6. The number of benzene rings is 1. The quantitative estimate of drug-likeness (QED) is 0.632. The molecule has 0 aliphatic rings. The Bertz CT molecular complexity index is 564. The second-order valence-corrected chi connectivity index (χ2v) is 6.83. The summed E-state index contributed by atoms with van der Waals surface area (Å²) in [6.07, 6.45) is 1.83. The van der Waals surface area contributed by atoms with Crippen molar-refractivity contribution in [3.8, 4) is 0 Å². The minimum atomic E-state index is -0.246. The third kappa shape index (κ3) is 3.48. The van der Waals surface area contributed by atoms with Crippen molar-refractivity contribution in [2.75, 3.05) is 11.8 Å². The molecular weight excluding hydrogens is 333 g/mol. The Kier molecular flexibility index (Phi) is 5.74. The molecule has 0 saturated heterocycles. The molecule has 0 atom stereocenters.